The molecule has 0 radical (unpaired) electrons. The standard InChI is InChI=1S/C12H18O2/c1-3-4-7-11(13)12(10-14-2)8-5-6-9-12/h5-6,8-9H,3-4,7,10H2,1-2H3. The molecule has 0 unspecified atom stereocenters. The third-order valence-electron chi connectivity index (χ3n) is 2.56. The smallest absolute Gasteiger partial charge is 0.148 e. The van der Waals surface area contributed by atoms with Gasteiger partial charge in [0.25, 0.3) is 0 Å². The molecule has 0 fully saturated rings. The summed E-state index contributed by atoms with van der Waals surface area (Å²) in [5.74, 6) is 0.270. The number of unbranched alkanes of at least 4 members (excludes halogenated alkanes) is 1. The average Bonchev–Trinajstić information content (AvgIpc) is 2.64. The number of carbonyl (C=O) groups excluding carboxylic acids is 1. The van der Waals surface area contributed by atoms with Gasteiger partial charge >= 0.3 is 0 Å². The average molecular weight is 194 g/mol. The normalized spacial score (nSPS) is 17.6. The highest BCUT2D eigenvalue weighted by Crippen LogP contribution is 2.29. The molecule has 2 heteroatoms. The molecule has 14 heavy (non-hydrogen) atoms. The Balaban J connectivity index is 2.63. The van der Waals surface area contributed by atoms with E-state index >= 15 is 0 Å². The third kappa shape index (κ3) is 2.32. The highest BCUT2D eigenvalue weighted by Gasteiger charge is 2.33. The molecular weight excluding hydrogens is 176 g/mol. The number of ketones is 1. The van der Waals surface area contributed by atoms with Gasteiger partial charge in [-0.15, -0.1) is 0 Å². The van der Waals surface area contributed by atoms with Gasteiger partial charge in [0, 0.05) is 13.5 Å². The molecule has 78 valence electrons. The van der Waals surface area contributed by atoms with Crippen LogP contribution in [0.4, 0.5) is 0 Å². The Labute approximate surface area is 85.6 Å². The van der Waals surface area contributed by atoms with Gasteiger partial charge in [0.2, 0.25) is 0 Å². The second kappa shape index (κ2) is 5.11. The van der Waals surface area contributed by atoms with Crippen LogP contribution in [0.1, 0.15) is 26.2 Å². The maximum absolute atomic E-state index is 11.9. The van der Waals surface area contributed by atoms with Crippen LogP contribution in [0.2, 0.25) is 0 Å². The number of hydrogen-bond acceptors (Lipinski definition) is 2. The van der Waals surface area contributed by atoms with Gasteiger partial charge in [-0.3, -0.25) is 4.79 Å². The van der Waals surface area contributed by atoms with Gasteiger partial charge < -0.3 is 4.74 Å². The highest BCUT2D eigenvalue weighted by atomic mass is 16.5. The van der Waals surface area contributed by atoms with E-state index in [1.54, 1.807) is 7.11 Å². The van der Waals surface area contributed by atoms with Crippen LogP contribution in [-0.4, -0.2) is 19.5 Å². The number of methoxy groups -OCH3 is 1. The van der Waals surface area contributed by atoms with Crippen molar-refractivity contribution in [2.45, 2.75) is 26.2 Å². The molecular formula is C12H18O2. The first-order valence-corrected chi connectivity index (χ1v) is 5.14. The first-order chi connectivity index (χ1) is 6.75. The fourth-order valence-corrected chi connectivity index (χ4v) is 1.68. The van der Waals surface area contributed by atoms with Gasteiger partial charge in [0.15, 0.2) is 0 Å². The predicted octanol–water partition coefficient (Wildman–Crippen LogP) is 2.50. The van der Waals surface area contributed by atoms with Crippen LogP contribution in [0.3, 0.4) is 0 Å². The van der Waals surface area contributed by atoms with E-state index in [4.69, 9.17) is 4.74 Å². The summed E-state index contributed by atoms with van der Waals surface area (Å²) in [6, 6.07) is 0. The number of allylic oxidation sites excluding steroid dienone is 2. The van der Waals surface area contributed by atoms with Crippen molar-refractivity contribution >= 4 is 5.78 Å². The lowest BCUT2D eigenvalue weighted by atomic mass is 9.83. The molecule has 0 saturated carbocycles. The minimum atomic E-state index is -0.468. The van der Waals surface area contributed by atoms with E-state index in [-0.39, 0.29) is 5.78 Å². The topological polar surface area (TPSA) is 26.3 Å². The van der Waals surface area contributed by atoms with E-state index in [0.29, 0.717) is 13.0 Å². The Morgan fingerprint density at radius 2 is 2.00 bits per heavy atom. The number of rotatable bonds is 6. The molecule has 0 saturated heterocycles. The van der Waals surface area contributed by atoms with Crippen molar-refractivity contribution in [2.75, 3.05) is 13.7 Å². The lowest BCUT2D eigenvalue weighted by molar-refractivity contribution is -0.126. The fourth-order valence-electron chi connectivity index (χ4n) is 1.68. The zero-order valence-corrected chi connectivity index (χ0v) is 8.95. The highest BCUT2D eigenvalue weighted by molar-refractivity contribution is 5.89. The Bertz CT molecular complexity index is 239. The Hall–Kier alpha value is -0.890. The van der Waals surface area contributed by atoms with E-state index in [2.05, 4.69) is 6.92 Å². The maximum atomic E-state index is 11.9. The molecule has 1 rings (SSSR count). The van der Waals surface area contributed by atoms with Crippen LogP contribution in [0.25, 0.3) is 0 Å². The number of carbonyl (C=O) groups is 1. The van der Waals surface area contributed by atoms with Crippen LogP contribution in [0.5, 0.6) is 0 Å². The van der Waals surface area contributed by atoms with Gasteiger partial charge in [-0.05, 0) is 6.42 Å². The second-order valence-corrected chi connectivity index (χ2v) is 3.72. The van der Waals surface area contributed by atoms with Crippen LogP contribution >= 0.6 is 0 Å². The molecule has 1 aliphatic carbocycles. The second-order valence-electron chi connectivity index (χ2n) is 3.72. The van der Waals surface area contributed by atoms with Crippen molar-refractivity contribution < 1.29 is 9.53 Å². The number of Topliss-reactive ketones (excluding diaryl/α,β-unsaturated/α-hetero) is 1. The molecule has 0 heterocycles. The van der Waals surface area contributed by atoms with Gasteiger partial charge in [-0.2, -0.15) is 0 Å². The molecule has 0 aliphatic heterocycles. The van der Waals surface area contributed by atoms with Gasteiger partial charge in [0.1, 0.15) is 5.78 Å². The number of hydrogen-bond donors (Lipinski definition) is 0. The maximum Gasteiger partial charge on any atom is 0.148 e. The summed E-state index contributed by atoms with van der Waals surface area (Å²) < 4.78 is 5.11. The molecule has 0 bridgehead atoms. The molecule has 0 atom stereocenters. The first kappa shape index (κ1) is 11.2. The van der Waals surface area contributed by atoms with Crippen molar-refractivity contribution in [1.29, 1.82) is 0 Å². The van der Waals surface area contributed by atoms with E-state index < -0.39 is 5.41 Å². The summed E-state index contributed by atoms with van der Waals surface area (Å²) in [7, 11) is 1.63. The number of ether oxygens (including phenoxy) is 1. The van der Waals surface area contributed by atoms with E-state index in [0.717, 1.165) is 12.8 Å². The van der Waals surface area contributed by atoms with Crippen molar-refractivity contribution in [2.24, 2.45) is 5.41 Å². The monoisotopic (exact) mass is 194 g/mol. The molecule has 2 nitrogen and oxygen atoms in total. The van der Waals surface area contributed by atoms with Crippen molar-refractivity contribution in [3.05, 3.63) is 24.3 Å². The first-order valence-electron chi connectivity index (χ1n) is 5.14. The largest absolute Gasteiger partial charge is 0.383 e. The summed E-state index contributed by atoms with van der Waals surface area (Å²) in [4.78, 5) is 11.9. The molecule has 0 aromatic rings. The van der Waals surface area contributed by atoms with Crippen molar-refractivity contribution in [1.82, 2.24) is 0 Å². The Morgan fingerprint density at radius 3 is 2.50 bits per heavy atom. The van der Waals surface area contributed by atoms with Gasteiger partial charge in [-0.25, -0.2) is 0 Å². The van der Waals surface area contributed by atoms with Crippen molar-refractivity contribution in [3.63, 3.8) is 0 Å². The van der Waals surface area contributed by atoms with Crippen LogP contribution in [0.15, 0.2) is 24.3 Å². The van der Waals surface area contributed by atoms with Gasteiger partial charge in [-0.1, -0.05) is 37.6 Å². The fraction of sp³-hybridized carbons (Fsp3) is 0.583. The van der Waals surface area contributed by atoms with Crippen LogP contribution in [-0.2, 0) is 9.53 Å². The van der Waals surface area contributed by atoms with E-state index in [1.165, 1.54) is 0 Å². The molecule has 1 aliphatic rings. The quantitative estimate of drug-likeness (QED) is 0.649. The van der Waals surface area contributed by atoms with Gasteiger partial charge in [0.05, 0.1) is 12.0 Å². The minimum Gasteiger partial charge on any atom is -0.383 e. The Morgan fingerprint density at radius 1 is 1.36 bits per heavy atom. The molecule has 0 spiro atoms. The summed E-state index contributed by atoms with van der Waals surface area (Å²) in [6.45, 7) is 2.55. The molecule has 0 amide bonds. The summed E-state index contributed by atoms with van der Waals surface area (Å²) in [5, 5.41) is 0. The summed E-state index contributed by atoms with van der Waals surface area (Å²) in [6.07, 6.45) is 10.4. The zero-order valence-electron chi connectivity index (χ0n) is 8.95. The van der Waals surface area contributed by atoms with E-state index in [1.807, 2.05) is 24.3 Å². The lowest BCUT2D eigenvalue weighted by Crippen LogP contribution is -2.30. The zero-order chi connectivity index (χ0) is 10.4. The third-order valence-corrected chi connectivity index (χ3v) is 2.56. The van der Waals surface area contributed by atoms with Crippen LogP contribution < -0.4 is 0 Å². The minimum absolute atomic E-state index is 0.270. The van der Waals surface area contributed by atoms with Crippen molar-refractivity contribution in [3.8, 4) is 0 Å². The lowest BCUT2D eigenvalue weighted by Gasteiger charge is -2.22. The molecule has 0 N–H and O–H groups in total. The Kier molecular flexibility index (Phi) is 4.08. The SMILES string of the molecule is CCCCC(=O)C1(COC)C=CC=C1. The van der Waals surface area contributed by atoms with Crippen LogP contribution in [0, 0.1) is 5.41 Å². The summed E-state index contributed by atoms with van der Waals surface area (Å²) in [5.41, 5.74) is -0.468. The molecule has 0 aromatic heterocycles. The predicted molar refractivity (Wildman–Crippen MR) is 57.1 cm³/mol. The summed E-state index contributed by atoms with van der Waals surface area (Å²) >= 11 is 0. The van der Waals surface area contributed by atoms with E-state index in [9.17, 15) is 4.79 Å². The molecule has 0 aromatic carbocycles.